The second-order valence-corrected chi connectivity index (χ2v) is 16.0. The Bertz CT molecular complexity index is 1130. The Morgan fingerprint density at radius 1 is 0.356 bits per heavy atom. The van der Waals surface area contributed by atoms with Gasteiger partial charge in [0.1, 0.15) is 13.2 Å². The molecule has 0 aromatic rings. The van der Waals surface area contributed by atoms with Crippen LogP contribution in [0.1, 0.15) is 226 Å². The van der Waals surface area contributed by atoms with Crippen LogP contribution < -0.4 is 0 Å². The minimum absolute atomic E-state index is 0.0785. The molecule has 6 heteroatoms. The lowest BCUT2D eigenvalue weighted by molar-refractivity contribution is -0.167. The van der Waals surface area contributed by atoms with Crippen molar-refractivity contribution in [2.45, 2.75) is 232 Å². The van der Waals surface area contributed by atoms with Gasteiger partial charge in [-0.15, -0.1) is 0 Å². The molecule has 0 amide bonds. The first-order chi connectivity index (χ1) is 29.0. The van der Waals surface area contributed by atoms with E-state index in [1.807, 2.05) is 0 Å². The van der Waals surface area contributed by atoms with E-state index in [2.05, 4.69) is 93.7 Å². The standard InChI is InChI=1S/C53H90O6/c1-4-7-10-13-16-19-20-21-22-23-24-25-26-27-28-29-30-31-32-33-34-35-38-40-43-46-52(55)58-49-50(59-53(56)47-44-41-37-18-15-12-9-6-3)48-57-51(54)45-42-39-36-17-14-11-8-5-2/h7,10,16,19,21-22,24-25,27-28,30-31,50H,4-6,8-9,11-15,17-18,20,23,26,29,32-49H2,1-3H3/b10-7-,19-16-,22-21-,25-24-,28-27-,31-30-. The zero-order chi connectivity index (χ0) is 43.0. The largest absolute Gasteiger partial charge is 0.462 e. The molecule has 0 aromatic carbocycles. The van der Waals surface area contributed by atoms with Crippen LogP contribution in [0.15, 0.2) is 72.9 Å². The number of allylic oxidation sites excluding steroid dienone is 12. The molecule has 0 aliphatic heterocycles. The fourth-order valence-electron chi connectivity index (χ4n) is 6.56. The Labute approximate surface area is 363 Å². The van der Waals surface area contributed by atoms with Gasteiger partial charge in [0.15, 0.2) is 6.10 Å². The summed E-state index contributed by atoms with van der Waals surface area (Å²) in [5.74, 6) is -0.905. The first-order valence-corrected chi connectivity index (χ1v) is 24.4. The quantitative estimate of drug-likeness (QED) is 0.0264. The lowest BCUT2D eigenvalue weighted by Gasteiger charge is -2.18. The number of esters is 3. The summed E-state index contributed by atoms with van der Waals surface area (Å²) in [4.78, 5) is 37.6. The third-order valence-corrected chi connectivity index (χ3v) is 10.2. The lowest BCUT2D eigenvalue weighted by atomic mass is 10.1. The molecule has 0 radical (unpaired) electrons. The van der Waals surface area contributed by atoms with Crippen LogP contribution in [0.25, 0.3) is 0 Å². The molecule has 0 bridgehead atoms. The summed E-state index contributed by atoms with van der Waals surface area (Å²) < 4.78 is 16.6. The maximum absolute atomic E-state index is 12.6. The van der Waals surface area contributed by atoms with Crippen molar-refractivity contribution in [3.8, 4) is 0 Å². The van der Waals surface area contributed by atoms with E-state index in [9.17, 15) is 14.4 Å². The van der Waals surface area contributed by atoms with E-state index in [0.717, 1.165) is 103 Å². The molecule has 0 rings (SSSR count). The molecule has 0 saturated heterocycles. The third kappa shape index (κ3) is 45.8. The number of unbranched alkanes of at least 4 members (excludes halogenated alkanes) is 20. The molecule has 0 fully saturated rings. The van der Waals surface area contributed by atoms with Gasteiger partial charge in [0.25, 0.3) is 0 Å². The highest BCUT2D eigenvalue weighted by atomic mass is 16.6. The topological polar surface area (TPSA) is 78.9 Å². The fourth-order valence-corrected chi connectivity index (χ4v) is 6.56. The second kappa shape index (κ2) is 47.5. The molecule has 0 aliphatic carbocycles. The van der Waals surface area contributed by atoms with E-state index in [1.165, 1.54) is 83.5 Å². The van der Waals surface area contributed by atoms with Gasteiger partial charge in [-0.2, -0.15) is 0 Å². The number of hydrogen-bond acceptors (Lipinski definition) is 6. The molecule has 0 aliphatic rings. The Balaban J connectivity index is 4.18. The predicted octanol–water partition coefficient (Wildman–Crippen LogP) is 15.9. The van der Waals surface area contributed by atoms with Crippen molar-refractivity contribution in [1.29, 1.82) is 0 Å². The normalized spacial score (nSPS) is 12.7. The summed E-state index contributed by atoms with van der Waals surface area (Å²) in [5.41, 5.74) is 0. The fraction of sp³-hybridized carbons (Fsp3) is 0.717. The van der Waals surface area contributed by atoms with Gasteiger partial charge in [-0.1, -0.05) is 209 Å². The van der Waals surface area contributed by atoms with Crippen LogP contribution >= 0.6 is 0 Å². The van der Waals surface area contributed by atoms with Crippen LogP contribution in [-0.2, 0) is 28.6 Å². The highest BCUT2D eigenvalue weighted by molar-refractivity contribution is 5.71. The average molecular weight is 823 g/mol. The maximum atomic E-state index is 12.6. The van der Waals surface area contributed by atoms with E-state index in [0.29, 0.717) is 19.3 Å². The number of hydrogen-bond donors (Lipinski definition) is 0. The zero-order valence-electron chi connectivity index (χ0n) is 38.5. The van der Waals surface area contributed by atoms with Crippen molar-refractivity contribution in [3.63, 3.8) is 0 Å². The van der Waals surface area contributed by atoms with Gasteiger partial charge < -0.3 is 14.2 Å². The number of ether oxygens (including phenoxy) is 3. The number of rotatable bonds is 43. The van der Waals surface area contributed by atoms with Crippen molar-refractivity contribution in [2.75, 3.05) is 13.2 Å². The molecule has 0 spiro atoms. The SMILES string of the molecule is CC/C=C\C/C=C\C/C=C\C/C=C\C/C=C\C/C=C\CCCCCCCCC(=O)OCC(COC(=O)CCCCCCCCCC)OC(=O)CCCCCCCCCC. The molecule has 0 heterocycles. The van der Waals surface area contributed by atoms with Gasteiger partial charge >= 0.3 is 17.9 Å². The second-order valence-electron chi connectivity index (χ2n) is 16.0. The molecular formula is C53H90O6. The molecule has 1 unspecified atom stereocenters. The number of carbonyl (C=O) groups excluding carboxylic acids is 3. The van der Waals surface area contributed by atoms with Crippen molar-refractivity contribution in [1.82, 2.24) is 0 Å². The monoisotopic (exact) mass is 823 g/mol. The van der Waals surface area contributed by atoms with Crippen molar-refractivity contribution >= 4 is 17.9 Å². The molecule has 6 nitrogen and oxygen atoms in total. The van der Waals surface area contributed by atoms with Crippen molar-refractivity contribution < 1.29 is 28.6 Å². The average Bonchev–Trinajstić information content (AvgIpc) is 3.23. The van der Waals surface area contributed by atoms with E-state index in [-0.39, 0.29) is 31.1 Å². The number of carbonyl (C=O) groups is 3. The lowest BCUT2D eigenvalue weighted by Crippen LogP contribution is -2.30. The van der Waals surface area contributed by atoms with Crippen LogP contribution in [-0.4, -0.2) is 37.2 Å². The van der Waals surface area contributed by atoms with E-state index in [4.69, 9.17) is 14.2 Å². The minimum atomic E-state index is -0.774. The Morgan fingerprint density at radius 2 is 0.661 bits per heavy atom. The molecule has 0 saturated carbocycles. The van der Waals surface area contributed by atoms with Gasteiger partial charge in [-0.3, -0.25) is 14.4 Å². The summed E-state index contributed by atoms with van der Waals surface area (Å²) >= 11 is 0. The Morgan fingerprint density at radius 3 is 1.03 bits per heavy atom. The van der Waals surface area contributed by atoms with Crippen LogP contribution in [0, 0.1) is 0 Å². The summed E-state index contributed by atoms with van der Waals surface area (Å²) in [6.45, 7) is 6.44. The Kier molecular flexibility index (Phi) is 45.0. The smallest absolute Gasteiger partial charge is 0.306 e. The van der Waals surface area contributed by atoms with Crippen LogP contribution in [0.2, 0.25) is 0 Å². The molecule has 1 atom stereocenters. The van der Waals surface area contributed by atoms with Crippen LogP contribution in [0.4, 0.5) is 0 Å². The molecule has 0 N–H and O–H groups in total. The van der Waals surface area contributed by atoms with Gasteiger partial charge in [0.2, 0.25) is 0 Å². The van der Waals surface area contributed by atoms with Gasteiger partial charge in [-0.25, -0.2) is 0 Å². The minimum Gasteiger partial charge on any atom is -0.462 e. The van der Waals surface area contributed by atoms with Crippen molar-refractivity contribution in [2.24, 2.45) is 0 Å². The van der Waals surface area contributed by atoms with Gasteiger partial charge in [0, 0.05) is 19.3 Å². The summed E-state index contributed by atoms with van der Waals surface area (Å²) in [6, 6.07) is 0. The highest BCUT2D eigenvalue weighted by Crippen LogP contribution is 2.14. The van der Waals surface area contributed by atoms with Crippen LogP contribution in [0.5, 0.6) is 0 Å². The highest BCUT2D eigenvalue weighted by Gasteiger charge is 2.19. The van der Waals surface area contributed by atoms with Crippen LogP contribution in [0.3, 0.4) is 0 Å². The van der Waals surface area contributed by atoms with E-state index < -0.39 is 6.10 Å². The maximum Gasteiger partial charge on any atom is 0.306 e. The molecular weight excluding hydrogens is 733 g/mol. The molecule has 0 aromatic heterocycles. The zero-order valence-corrected chi connectivity index (χ0v) is 38.5. The van der Waals surface area contributed by atoms with E-state index in [1.54, 1.807) is 0 Å². The summed E-state index contributed by atoms with van der Waals surface area (Å²) in [5, 5.41) is 0. The van der Waals surface area contributed by atoms with E-state index >= 15 is 0 Å². The first kappa shape index (κ1) is 55.9. The predicted molar refractivity (Wildman–Crippen MR) is 251 cm³/mol. The Hall–Kier alpha value is -3.15. The summed E-state index contributed by atoms with van der Waals surface area (Å²) in [7, 11) is 0. The van der Waals surface area contributed by atoms with Crippen molar-refractivity contribution in [3.05, 3.63) is 72.9 Å². The molecule has 59 heavy (non-hydrogen) atoms. The van der Waals surface area contributed by atoms with Gasteiger partial charge in [0.05, 0.1) is 0 Å². The van der Waals surface area contributed by atoms with Gasteiger partial charge in [-0.05, 0) is 70.6 Å². The summed E-state index contributed by atoms with van der Waals surface area (Å²) in [6.07, 6.45) is 59.1. The molecule has 338 valence electrons. The first-order valence-electron chi connectivity index (χ1n) is 24.4. The third-order valence-electron chi connectivity index (χ3n) is 10.2.